The Balaban J connectivity index is 2.70. The first-order valence-corrected chi connectivity index (χ1v) is 6.07. The summed E-state index contributed by atoms with van der Waals surface area (Å²) in [5, 5.41) is 0.816. The van der Waals surface area contributed by atoms with Crippen LogP contribution in [0.5, 0.6) is 0 Å². The smallest absolute Gasteiger partial charge is 0.0408 e. The fraction of sp³-hybridized carbons (Fsp3) is 0.500. The highest BCUT2D eigenvalue weighted by Gasteiger charge is 2.21. The van der Waals surface area contributed by atoms with Gasteiger partial charge in [0.05, 0.1) is 0 Å². The largest absolute Gasteiger partial charge is 0.0881 e. The van der Waals surface area contributed by atoms with Gasteiger partial charge in [0, 0.05) is 9.85 Å². The van der Waals surface area contributed by atoms with Gasteiger partial charge in [0.1, 0.15) is 0 Å². The lowest BCUT2D eigenvalue weighted by atomic mass is 9.88. The van der Waals surface area contributed by atoms with Gasteiger partial charge in [0.25, 0.3) is 0 Å². The number of hydrogen-bond acceptors (Lipinski definition) is 0. The average molecular weight is 276 g/mol. The van der Waals surface area contributed by atoms with Crippen molar-refractivity contribution in [1.82, 2.24) is 0 Å². The molecule has 0 nitrogen and oxygen atoms in total. The Labute approximate surface area is 99.8 Å². The van der Waals surface area contributed by atoms with Crippen LogP contribution < -0.4 is 0 Å². The van der Waals surface area contributed by atoms with E-state index in [1.807, 2.05) is 18.2 Å². The molecule has 0 spiro atoms. The van der Waals surface area contributed by atoms with Crippen LogP contribution in [0.1, 0.15) is 26.3 Å². The molecule has 0 radical (unpaired) electrons. The van der Waals surface area contributed by atoms with E-state index in [-0.39, 0.29) is 5.41 Å². The molecule has 0 fully saturated rings. The lowest BCUT2D eigenvalue weighted by molar-refractivity contribution is 0.398. The zero-order valence-electron chi connectivity index (χ0n) is 8.85. The maximum Gasteiger partial charge on any atom is 0.0408 e. The minimum absolute atomic E-state index is 0.280. The van der Waals surface area contributed by atoms with Gasteiger partial charge in [-0.25, -0.2) is 0 Å². The number of rotatable bonds is 2. The Bertz CT molecular complexity index is 301. The molecule has 0 aliphatic heterocycles. The van der Waals surface area contributed by atoms with Crippen LogP contribution in [0.4, 0.5) is 0 Å². The molecule has 1 atom stereocenters. The molecule has 0 saturated carbocycles. The standard InChI is InChI=1S/C12H16BrCl/c1-12(2,3)11(13)8-9-5-4-6-10(14)7-9/h4-7,11H,8H2,1-3H3. The molecule has 0 aliphatic rings. The summed E-state index contributed by atoms with van der Waals surface area (Å²) in [5.41, 5.74) is 1.57. The fourth-order valence-electron chi connectivity index (χ4n) is 1.18. The molecule has 0 aromatic heterocycles. The zero-order chi connectivity index (χ0) is 10.8. The Morgan fingerprint density at radius 1 is 1.36 bits per heavy atom. The van der Waals surface area contributed by atoms with Crippen LogP contribution in [0.15, 0.2) is 24.3 Å². The Hall–Kier alpha value is -0.0100. The second-order valence-electron chi connectivity index (χ2n) is 4.67. The average Bonchev–Trinajstić information content (AvgIpc) is 2.02. The van der Waals surface area contributed by atoms with Crippen molar-refractivity contribution in [3.8, 4) is 0 Å². The van der Waals surface area contributed by atoms with E-state index in [4.69, 9.17) is 11.6 Å². The summed E-state index contributed by atoms with van der Waals surface area (Å²) in [5.74, 6) is 0. The Morgan fingerprint density at radius 2 is 2.00 bits per heavy atom. The first kappa shape index (κ1) is 12.1. The third-order valence-corrected chi connectivity index (χ3v) is 4.18. The van der Waals surface area contributed by atoms with Gasteiger partial charge < -0.3 is 0 Å². The fourth-order valence-corrected chi connectivity index (χ4v) is 1.76. The molecular weight excluding hydrogens is 259 g/mol. The van der Waals surface area contributed by atoms with E-state index in [9.17, 15) is 0 Å². The summed E-state index contributed by atoms with van der Waals surface area (Å²) in [6, 6.07) is 8.05. The summed E-state index contributed by atoms with van der Waals surface area (Å²) in [6.07, 6.45) is 1.02. The third kappa shape index (κ3) is 3.62. The van der Waals surface area contributed by atoms with E-state index in [1.165, 1.54) is 5.56 Å². The molecule has 1 unspecified atom stereocenters. The van der Waals surface area contributed by atoms with Crippen molar-refractivity contribution in [2.45, 2.75) is 32.0 Å². The van der Waals surface area contributed by atoms with Crippen molar-refractivity contribution in [3.05, 3.63) is 34.9 Å². The SMILES string of the molecule is CC(C)(C)C(Br)Cc1cccc(Cl)c1. The predicted octanol–water partition coefficient (Wildman–Crippen LogP) is 4.69. The van der Waals surface area contributed by atoms with Crippen molar-refractivity contribution in [3.63, 3.8) is 0 Å². The van der Waals surface area contributed by atoms with Gasteiger partial charge in [-0.1, -0.05) is 60.4 Å². The minimum atomic E-state index is 0.280. The quantitative estimate of drug-likeness (QED) is 0.687. The van der Waals surface area contributed by atoms with Gasteiger partial charge in [-0.3, -0.25) is 0 Å². The summed E-state index contributed by atoms with van der Waals surface area (Å²) >= 11 is 9.64. The highest BCUT2D eigenvalue weighted by molar-refractivity contribution is 9.09. The Morgan fingerprint density at radius 3 is 2.50 bits per heavy atom. The highest BCUT2D eigenvalue weighted by atomic mass is 79.9. The Kier molecular flexibility index (Phi) is 4.03. The van der Waals surface area contributed by atoms with Crippen LogP contribution in [-0.4, -0.2) is 4.83 Å². The molecule has 0 amide bonds. The molecule has 1 rings (SSSR count). The summed E-state index contributed by atoms with van der Waals surface area (Å²) in [4.78, 5) is 0.480. The van der Waals surface area contributed by atoms with Crippen LogP contribution in [0.2, 0.25) is 5.02 Å². The molecule has 0 N–H and O–H groups in total. The monoisotopic (exact) mass is 274 g/mol. The highest BCUT2D eigenvalue weighted by Crippen LogP contribution is 2.29. The van der Waals surface area contributed by atoms with E-state index in [0.717, 1.165) is 11.4 Å². The van der Waals surface area contributed by atoms with Crippen LogP contribution >= 0.6 is 27.5 Å². The molecule has 0 heterocycles. The normalized spacial score (nSPS) is 14.1. The maximum absolute atomic E-state index is 5.93. The van der Waals surface area contributed by atoms with Gasteiger partial charge in [-0.15, -0.1) is 0 Å². The van der Waals surface area contributed by atoms with E-state index in [1.54, 1.807) is 0 Å². The third-order valence-electron chi connectivity index (χ3n) is 2.24. The van der Waals surface area contributed by atoms with Crippen molar-refractivity contribution in [1.29, 1.82) is 0 Å². The van der Waals surface area contributed by atoms with E-state index < -0.39 is 0 Å². The van der Waals surface area contributed by atoms with Crippen LogP contribution in [0.3, 0.4) is 0 Å². The van der Waals surface area contributed by atoms with Crippen molar-refractivity contribution < 1.29 is 0 Å². The number of benzene rings is 1. The number of alkyl halides is 1. The van der Waals surface area contributed by atoms with Crippen LogP contribution in [-0.2, 0) is 6.42 Å². The van der Waals surface area contributed by atoms with E-state index in [0.29, 0.717) is 4.83 Å². The van der Waals surface area contributed by atoms with E-state index in [2.05, 4.69) is 42.8 Å². The molecule has 14 heavy (non-hydrogen) atoms. The minimum Gasteiger partial charge on any atom is -0.0881 e. The van der Waals surface area contributed by atoms with Gasteiger partial charge in [0.2, 0.25) is 0 Å². The first-order valence-electron chi connectivity index (χ1n) is 4.78. The summed E-state index contributed by atoms with van der Waals surface area (Å²) in [7, 11) is 0. The van der Waals surface area contributed by atoms with Gasteiger partial charge >= 0.3 is 0 Å². The molecule has 2 heteroatoms. The second-order valence-corrected chi connectivity index (χ2v) is 6.21. The van der Waals surface area contributed by atoms with Crippen LogP contribution in [0, 0.1) is 5.41 Å². The summed E-state index contributed by atoms with van der Waals surface area (Å²) in [6.45, 7) is 6.70. The molecule has 1 aromatic rings. The number of halogens is 2. The first-order chi connectivity index (χ1) is 6.39. The summed E-state index contributed by atoms with van der Waals surface area (Å²) < 4.78 is 0. The zero-order valence-corrected chi connectivity index (χ0v) is 11.2. The van der Waals surface area contributed by atoms with Crippen molar-refractivity contribution in [2.24, 2.45) is 5.41 Å². The molecular formula is C12H16BrCl. The molecule has 0 bridgehead atoms. The van der Waals surface area contributed by atoms with Gasteiger partial charge in [-0.2, -0.15) is 0 Å². The predicted molar refractivity (Wildman–Crippen MR) is 67.3 cm³/mol. The van der Waals surface area contributed by atoms with Gasteiger partial charge in [0.15, 0.2) is 0 Å². The van der Waals surface area contributed by atoms with Gasteiger partial charge in [-0.05, 0) is 29.5 Å². The number of hydrogen-bond donors (Lipinski definition) is 0. The molecule has 0 aliphatic carbocycles. The van der Waals surface area contributed by atoms with Crippen LogP contribution in [0.25, 0.3) is 0 Å². The topological polar surface area (TPSA) is 0 Å². The lowest BCUT2D eigenvalue weighted by Crippen LogP contribution is -2.22. The molecule has 1 aromatic carbocycles. The second kappa shape index (κ2) is 4.67. The maximum atomic E-state index is 5.93. The molecule has 0 saturated heterocycles. The van der Waals surface area contributed by atoms with Crippen molar-refractivity contribution >= 4 is 27.5 Å². The van der Waals surface area contributed by atoms with E-state index >= 15 is 0 Å². The van der Waals surface area contributed by atoms with Crippen molar-refractivity contribution in [2.75, 3.05) is 0 Å². The molecule has 78 valence electrons. The lowest BCUT2D eigenvalue weighted by Gasteiger charge is -2.25.